The van der Waals surface area contributed by atoms with Gasteiger partial charge in [0.1, 0.15) is 4.47 Å². The van der Waals surface area contributed by atoms with Gasteiger partial charge in [-0.05, 0) is 15.9 Å². The molecule has 0 spiro atoms. The first-order chi connectivity index (χ1) is 6.65. The molecule has 0 saturated heterocycles. The van der Waals surface area contributed by atoms with Crippen LogP contribution in [0, 0.1) is 0 Å². The Labute approximate surface area is 87.5 Å². The maximum Gasteiger partial charge on any atom is 0.325 e. The van der Waals surface area contributed by atoms with Crippen LogP contribution in [-0.4, -0.2) is 28.2 Å². The van der Waals surface area contributed by atoms with Crippen LogP contribution in [0.2, 0.25) is 0 Å². The molecule has 0 aliphatic rings. The Morgan fingerprint density at radius 3 is 2.71 bits per heavy atom. The van der Waals surface area contributed by atoms with Crippen LogP contribution in [0.5, 0.6) is 0 Å². The molecule has 0 aromatic carbocycles. The number of aliphatic hydroxyl groups is 1. The SMILES string of the molecule is O=c1[nH]c(CNCCO)c(Br)c(=O)[nH]1. The van der Waals surface area contributed by atoms with Gasteiger partial charge in [0.2, 0.25) is 0 Å². The molecular weight excluding hydrogens is 254 g/mol. The van der Waals surface area contributed by atoms with Crippen molar-refractivity contribution < 1.29 is 5.11 Å². The monoisotopic (exact) mass is 263 g/mol. The van der Waals surface area contributed by atoms with Gasteiger partial charge in [0.15, 0.2) is 0 Å². The summed E-state index contributed by atoms with van der Waals surface area (Å²) in [4.78, 5) is 26.5. The Balaban J connectivity index is 2.86. The zero-order valence-electron chi connectivity index (χ0n) is 7.26. The highest BCUT2D eigenvalue weighted by Crippen LogP contribution is 2.05. The lowest BCUT2D eigenvalue weighted by atomic mass is 10.4. The van der Waals surface area contributed by atoms with E-state index in [0.717, 1.165) is 0 Å². The first-order valence-corrected chi connectivity index (χ1v) is 4.77. The van der Waals surface area contributed by atoms with Crippen LogP contribution < -0.4 is 16.6 Å². The zero-order chi connectivity index (χ0) is 10.6. The van der Waals surface area contributed by atoms with E-state index in [-0.39, 0.29) is 6.61 Å². The molecule has 1 aromatic heterocycles. The lowest BCUT2D eigenvalue weighted by molar-refractivity contribution is 0.291. The van der Waals surface area contributed by atoms with E-state index in [0.29, 0.717) is 23.3 Å². The van der Waals surface area contributed by atoms with Gasteiger partial charge in [0.25, 0.3) is 5.56 Å². The molecule has 0 unspecified atom stereocenters. The van der Waals surface area contributed by atoms with Crippen molar-refractivity contribution in [2.24, 2.45) is 0 Å². The molecular formula is C7H10BrN3O3. The molecule has 4 N–H and O–H groups in total. The van der Waals surface area contributed by atoms with Crippen LogP contribution in [0.3, 0.4) is 0 Å². The summed E-state index contributed by atoms with van der Waals surface area (Å²) in [6.07, 6.45) is 0. The van der Waals surface area contributed by atoms with Crippen molar-refractivity contribution >= 4 is 15.9 Å². The number of aliphatic hydroxyl groups excluding tert-OH is 1. The van der Waals surface area contributed by atoms with Crippen molar-refractivity contribution in [1.29, 1.82) is 0 Å². The molecule has 0 radical (unpaired) electrons. The highest BCUT2D eigenvalue weighted by Gasteiger charge is 2.04. The Morgan fingerprint density at radius 1 is 1.36 bits per heavy atom. The van der Waals surface area contributed by atoms with Crippen molar-refractivity contribution in [3.8, 4) is 0 Å². The Kier molecular flexibility index (Phi) is 4.05. The number of H-pyrrole nitrogens is 2. The average Bonchev–Trinajstić information content (AvgIpc) is 2.13. The molecule has 6 nitrogen and oxygen atoms in total. The van der Waals surface area contributed by atoms with Crippen molar-refractivity contribution in [3.63, 3.8) is 0 Å². The molecule has 0 saturated carbocycles. The standard InChI is InChI=1S/C7H10BrN3O3/c8-5-4(3-9-1-2-12)10-7(14)11-6(5)13/h9,12H,1-3H2,(H2,10,11,13,14). The van der Waals surface area contributed by atoms with Crippen LogP contribution in [0.4, 0.5) is 0 Å². The molecule has 1 aromatic rings. The average molecular weight is 264 g/mol. The van der Waals surface area contributed by atoms with E-state index >= 15 is 0 Å². The maximum atomic E-state index is 11.1. The molecule has 1 rings (SSSR count). The predicted octanol–water partition coefficient (Wildman–Crippen LogP) is -1.09. The maximum absolute atomic E-state index is 11.1. The Morgan fingerprint density at radius 2 is 2.07 bits per heavy atom. The number of nitrogens with one attached hydrogen (secondary N) is 3. The van der Waals surface area contributed by atoms with Gasteiger partial charge in [0, 0.05) is 13.1 Å². The van der Waals surface area contributed by atoms with Gasteiger partial charge in [-0.25, -0.2) is 4.79 Å². The fourth-order valence-corrected chi connectivity index (χ4v) is 1.27. The van der Waals surface area contributed by atoms with E-state index in [1.165, 1.54) is 0 Å². The van der Waals surface area contributed by atoms with Crippen LogP contribution >= 0.6 is 15.9 Å². The van der Waals surface area contributed by atoms with E-state index in [1.807, 2.05) is 0 Å². The summed E-state index contributed by atoms with van der Waals surface area (Å²) in [6.45, 7) is 0.729. The van der Waals surface area contributed by atoms with Gasteiger partial charge in [-0.2, -0.15) is 0 Å². The van der Waals surface area contributed by atoms with Gasteiger partial charge < -0.3 is 15.4 Å². The van der Waals surface area contributed by atoms with Gasteiger partial charge in [-0.15, -0.1) is 0 Å². The van der Waals surface area contributed by atoms with Crippen LogP contribution in [0.25, 0.3) is 0 Å². The van der Waals surface area contributed by atoms with E-state index < -0.39 is 11.2 Å². The summed E-state index contributed by atoms with van der Waals surface area (Å²) in [5, 5.41) is 11.4. The highest BCUT2D eigenvalue weighted by atomic mass is 79.9. The highest BCUT2D eigenvalue weighted by molar-refractivity contribution is 9.10. The number of halogens is 1. The lowest BCUT2D eigenvalue weighted by Gasteiger charge is -2.03. The van der Waals surface area contributed by atoms with E-state index in [2.05, 4.69) is 31.2 Å². The van der Waals surface area contributed by atoms with Crippen LogP contribution in [0.15, 0.2) is 14.1 Å². The number of aromatic amines is 2. The summed E-state index contributed by atoms with van der Waals surface area (Å²) >= 11 is 3.05. The second-order valence-electron chi connectivity index (χ2n) is 2.60. The summed E-state index contributed by atoms with van der Waals surface area (Å²) in [7, 11) is 0. The minimum atomic E-state index is -0.543. The minimum Gasteiger partial charge on any atom is -0.395 e. The Hall–Kier alpha value is -0.920. The van der Waals surface area contributed by atoms with Crippen molar-refractivity contribution in [1.82, 2.24) is 15.3 Å². The number of rotatable bonds is 4. The normalized spacial score (nSPS) is 10.4. The van der Waals surface area contributed by atoms with Gasteiger partial charge in [-0.1, -0.05) is 0 Å². The topological polar surface area (TPSA) is 98.0 Å². The van der Waals surface area contributed by atoms with Crippen LogP contribution in [-0.2, 0) is 6.54 Å². The second kappa shape index (κ2) is 5.08. The van der Waals surface area contributed by atoms with Gasteiger partial charge in [-0.3, -0.25) is 9.78 Å². The van der Waals surface area contributed by atoms with Crippen molar-refractivity contribution in [2.45, 2.75) is 6.54 Å². The van der Waals surface area contributed by atoms with E-state index in [1.54, 1.807) is 0 Å². The predicted molar refractivity (Wildman–Crippen MR) is 54.2 cm³/mol. The van der Waals surface area contributed by atoms with E-state index in [4.69, 9.17) is 5.11 Å². The molecule has 1 heterocycles. The zero-order valence-corrected chi connectivity index (χ0v) is 8.85. The van der Waals surface area contributed by atoms with Gasteiger partial charge >= 0.3 is 5.69 Å². The fraction of sp³-hybridized carbons (Fsp3) is 0.429. The van der Waals surface area contributed by atoms with Crippen molar-refractivity contribution in [2.75, 3.05) is 13.2 Å². The molecule has 0 aliphatic carbocycles. The summed E-state index contributed by atoms with van der Waals surface area (Å²) in [5.74, 6) is 0. The lowest BCUT2D eigenvalue weighted by Crippen LogP contribution is -2.28. The number of hydrogen-bond acceptors (Lipinski definition) is 4. The molecule has 0 aliphatic heterocycles. The molecule has 0 fully saturated rings. The number of aromatic nitrogens is 2. The second-order valence-corrected chi connectivity index (χ2v) is 3.39. The van der Waals surface area contributed by atoms with E-state index in [9.17, 15) is 9.59 Å². The molecule has 0 amide bonds. The Bertz CT molecular complexity index is 411. The molecule has 7 heteroatoms. The summed E-state index contributed by atoms with van der Waals surface area (Å²) in [5.41, 5.74) is -0.541. The summed E-state index contributed by atoms with van der Waals surface area (Å²) < 4.78 is 0.294. The largest absolute Gasteiger partial charge is 0.395 e. The quantitative estimate of drug-likeness (QED) is 0.519. The third-order valence-electron chi connectivity index (χ3n) is 1.55. The summed E-state index contributed by atoms with van der Waals surface area (Å²) in [6, 6.07) is 0. The third-order valence-corrected chi connectivity index (χ3v) is 2.38. The fourth-order valence-electron chi connectivity index (χ4n) is 0.932. The van der Waals surface area contributed by atoms with Crippen LogP contribution in [0.1, 0.15) is 5.69 Å². The molecule has 0 atom stereocenters. The first-order valence-electron chi connectivity index (χ1n) is 3.97. The minimum absolute atomic E-state index is 0.00500. The third kappa shape index (κ3) is 2.79. The molecule has 78 valence electrons. The smallest absolute Gasteiger partial charge is 0.325 e. The molecule has 14 heavy (non-hydrogen) atoms. The first kappa shape index (κ1) is 11.2. The number of hydrogen-bond donors (Lipinski definition) is 4. The van der Waals surface area contributed by atoms with Gasteiger partial charge in [0.05, 0.1) is 12.3 Å². The van der Waals surface area contributed by atoms with Crippen molar-refractivity contribution in [3.05, 3.63) is 31.0 Å². The molecule has 0 bridgehead atoms.